The molecule has 0 unspecified atom stereocenters. The molecule has 0 aromatic rings. The van der Waals surface area contributed by atoms with E-state index in [4.69, 9.17) is 4.84 Å². The molecule has 1 amide bonds. The van der Waals surface area contributed by atoms with Crippen molar-refractivity contribution in [3.63, 3.8) is 0 Å². The molecule has 12 heavy (non-hydrogen) atoms. The van der Waals surface area contributed by atoms with E-state index >= 15 is 0 Å². The molecule has 0 spiro atoms. The first kappa shape index (κ1) is 9.48. The Morgan fingerprint density at radius 1 is 1.67 bits per heavy atom. The summed E-state index contributed by atoms with van der Waals surface area (Å²) < 4.78 is 0. The van der Waals surface area contributed by atoms with E-state index in [1.807, 2.05) is 13.8 Å². The standard InChI is InChI=1S/C8H16N2O2/c1-7(2)9-6-8(11)10-4-3-5-12-10/h7,9H,3-6H2,1-2H3. The normalized spacial score (nSPS) is 17.4. The van der Waals surface area contributed by atoms with Gasteiger partial charge in [0.2, 0.25) is 0 Å². The van der Waals surface area contributed by atoms with Crippen LogP contribution >= 0.6 is 0 Å². The minimum Gasteiger partial charge on any atom is -0.306 e. The van der Waals surface area contributed by atoms with E-state index in [1.165, 1.54) is 5.06 Å². The number of nitrogens with one attached hydrogen (secondary N) is 1. The molecule has 1 fully saturated rings. The third-order valence-corrected chi connectivity index (χ3v) is 1.69. The molecule has 1 aliphatic heterocycles. The van der Waals surface area contributed by atoms with Gasteiger partial charge in [-0.2, -0.15) is 0 Å². The number of hydrogen-bond donors (Lipinski definition) is 1. The summed E-state index contributed by atoms with van der Waals surface area (Å²) in [4.78, 5) is 16.4. The van der Waals surface area contributed by atoms with Gasteiger partial charge in [0.1, 0.15) is 0 Å². The second-order valence-corrected chi connectivity index (χ2v) is 3.22. The highest BCUT2D eigenvalue weighted by molar-refractivity contribution is 5.77. The molecule has 1 saturated heterocycles. The number of carbonyl (C=O) groups is 1. The third-order valence-electron chi connectivity index (χ3n) is 1.69. The summed E-state index contributed by atoms with van der Waals surface area (Å²) in [6.07, 6.45) is 0.952. The van der Waals surface area contributed by atoms with E-state index < -0.39 is 0 Å². The van der Waals surface area contributed by atoms with E-state index in [0.29, 0.717) is 19.2 Å². The van der Waals surface area contributed by atoms with E-state index in [1.54, 1.807) is 0 Å². The molecule has 70 valence electrons. The number of amides is 1. The Bertz CT molecular complexity index is 153. The van der Waals surface area contributed by atoms with Gasteiger partial charge in [-0.3, -0.25) is 9.63 Å². The number of nitrogens with zero attached hydrogens (tertiary/aromatic N) is 1. The highest BCUT2D eigenvalue weighted by Crippen LogP contribution is 2.03. The summed E-state index contributed by atoms with van der Waals surface area (Å²) in [5.74, 6) is 0.0289. The monoisotopic (exact) mass is 172 g/mol. The van der Waals surface area contributed by atoms with Crippen LogP contribution in [0.4, 0.5) is 0 Å². The Kier molecular flexibility index (Phi) is 3.49. The minimum absolute atomic E-state index is 0.0289. The lowest BCUT2D eigenvalue weighted by molar-refractivity contribution is -0.167. The molecule has 0 atom stereocenters. The van der Waals surface area contributed by atoms with E-state index in [2.05, 4.69) is 5.32 Å². The second-order valence-electron chi connectivity index (χ2n) is 3.22. The first-order valence-electron chi connectivity index (χ1n) is 4.37. The van der Waals surface area contributed by atoms with Crippen LogP contribution in [0.15, 0.2) is 0 Å². The molecular weight excluding hydrogens is 156 g/mol. The predicted molar refractivity (Wildman–Crippen MR) is 45.4 cm³/mol. The predicted octanol–water partition coefficient (Wildman–Crippen LogP) is 0.148. The fourth-order valence-electron chi connectivity index (χ4n) is 1.02. The summed E-state index contributed by atoms with van der Waals surface area (Å²) in [6, 6.07) is 0.344. The Hall–Kier alpha value is -0.610. The van der Waals surface area contributed by atoms with Crippen LogP contribution in [0, 0.1) is 0 Å². The fourth-order valence-corrected chi connectivity index (χ4v) is 1.02. The number of hydroxylamine groups is 2. The third kappa shape index (κ3) is 2.79. The highest BCUT2D eigenvalue weighted by Gasteiger charge is 2.18. The van der Waals surface area contributed by atoms with Gasteiger partial charge in [-0.15, -0.1) is 0 Å². The van der Waals surface area contributed by atoms with Gasteiger partial charge < -0.3 is 5.32 Å². The first-order chi connectivity index (χ1) is 5.70. The number of carbonyl (C=O) groups excluding carboxylic acids is 1. The molecule has 0 saturated carbocycles. The summed E-state index contributed by atoms with van der Waals surface area (Å²) in [5, 5.41) is 4.49. The number of rotatable bonds is 3. The zero-order valence-corrected chi connectivity index (χ0v) is 7.67. The molecule has 1 N–H and O–H groups in total. The van der Waals surface area contributed by atoms with Crippen LogP contribution in [-0.2, 0) is 9.63 Å². The van der Waals surface area contributed by atoms with Gasteiger partial charge in [0, 0.05) is 6.04 Å². The molecule has 4 nitrogen and oxygen atoms in total. The lowest BCUT2D eigenvalue weighted by atomic mass is 10.4. The van der Waals surface area contributed by atoms with Crippen molar-refractivity contribution in [1.29, 1.82) is 0 Å². The SMILES string of the molecule is CC(C)NCC(=O)N1CCCO1. The van der Waals surface area contributed by atoms with Crippen LogP contribution in [-0.4, -0.2) is 36.7 Å². The lowest BCUT2D eigenvalue weighted by Crippen LogP contribution is -2.38. The van der Waals surface area contributed by atoms with Gasteiger partial charge in [0.25, 0.3) is 5.91 Å². The van der Waals surface area contributed by atoms with Gasteiger partial charge in [0.05, 0.1) is 19.7 Å². The van der Waals surface area contributed by atoms with E-state index in [9.17, 15) is 4.79 Å². The van der Waals surface area contributed by atoms with Crippen LogP contribution in [0.1, 0.15) is 20.3 Å². The van der Waals surface area contributed by atoms with Crippen LogP contribution < -0.4 is 5.32 Å². The van der Waals surface area contributed by atoms with Crippen molar-refractivity contribution >= 4 is 5.91 Å². The maximum atomic E-state index is 11.3. The highest BCUT2D eigenvalue weighted by atomic mass is 16.7. The molecule has 0 aliphatic carbocycles. The summed E-state index contributed by atoms with van der Waals surface area (Å²) in [6.45, 7) is 5.81. The average Bonchev–Trinajstić information content (AvgIpc) is 2.51. The van der Waals surface area contributed by atoms with Crippen molar-refractivity contribution in [3.8, 4) is 0 Å². The molecular formula is C8H16N2O2. The van der Waals surface area contributed by atoms with Gasteiger partial charge in [-0.25, -0.2) is 5.06 Å². The maximum Gasteiger partial charge on any atom is 0.260 e. The molecule has 0 radical (unpaired) electrons. The van der Waals surface area contributed by atoms with Crippen LogP contribution in [0.5, 0.6) is 0 Å². The van der Waals surface area contributed by atoms with Gasteiger partial charge in [-0.05, 0) is 6.42 Å². The number of hydrogen-bond acceptors (Lipinski definition) is 3. The molecule has 0 bridgehead atoms. The maximum absolute atomic E-state index is 11.3. The Morgan fingerprint density at radius 3 is 2.92 bits per heavy atom. The molecule has 4 heteroatoms. The molecule has 0 aromatic heterocycles. The average molecular weight is 172 g/mol. The second kappa shape index (κ2) is 4.42. The van der Waals surface area contributed by atoms with E-state index in [-0.39, 0.29) is 5.91 Å². The topological polar surface area (TPSA) is 41.6 Å². The van der Waals surface area contributed by atoms with Crippen molar-refractivity contribution in [2.75, 3.05) is 19.7 Å². The van der Waals surface area contributed by atoms with Crippen LogP contribution in [0.3, 0.4) is 0 Å². The molecule has 1 heterocycles. The quantitative estimate of drug-likeness (QED) is 0.658. The molecule has 1 aliphatic rings. The van der Waals surface area contributed by atoms with Crippen molar-refractivity contribution < 1.29 is 9.63 Å². The van der Waals surface area contributed by atoms with Gasteiger partial charge >= 0.3 is 0 Å². The van der Waals surface area contributed by atoms with Crippen molar-refractivity contribution in [2.24, 2.45) is 0 Å². The smallest absolute Gasteiger partial charge is 0.260 e. The fraction of sp³-hybridized carbons (Fsp3) is 0.875. The van der Waals surface area contributed by atoms with Crippen LogP contribution in [0.2, 0.25) is 0 Å². The van der Waals surface area contributed by atoms with E-state index in [0.717, 1.165) is 13.0 Å². The largest absolute Gasteiger partial charge is 0.306 e. The minimum atomic E-state index is 0.0289. The van der Waals surface area contributed by atoms with Gasteiger partial charge in [-0.1, -0.05) is 13.8 Å². The summed E-state index contributed by atoms with van der Waals surface area (Å²) >= 11 is 0. The Balaban J connectivity index is 2.18. The zero-order valence-electron chi connectivity index (χ0n) is 7.67. The summed E-state index contributed by atoms with van der Waals surface area (Å²) in [7, 11) is 0. The summed E-state index contributed by atoms with van der Waals surface area (Å²) in [5.41, 5.74) is 0. The van der Waals surface area contributed by atoms with Gasteiger partial charge in [0.15, 0.2) is 0 Å². The van der Waals surface area contributed by atoms with Crippen molar-refractivity contribution in [3.05, 3.63) is 0 Å². The molecule has 0 aromatic carbocycles. The van der Waals surface area contributed by atoms with Crippen molar-refractivity contribution in [1.82, 2.24) is 10.4 Å². The van der Waals surface area contributed by atoms with Crippen molar-refractivity contribution in [2.45, 2.75) is 26.3 Å². The Labute approximate surface area is 72.8 Å². The molecule has 1 rings (SSSR count). The first-order valence-corrected chi connectivity index (χ1v) is 4.37. The zero-order chi connectivity index (χ0) is 8.97. The Morgan fingerprint density at radius 2 is 2.42 bits per heavy atom. The lowest BCUT2D eigenvalue weighted by Gasteiger charge is -2.15. The van der Waals surface area contributed by atoms with Crippen LogP contribution in [0.25, 0.3) is 0 Å².